The molecule has 0 aliphatic heterocycles. The maximum Gasteiger partial charge on any atom is 0.180 e. The Labute approximate surface area is 160 Å². The van der Waals surface area contributed by atoms with Crippen molar-refractivity contribution in [1.82, 2.24) is 10.2 Å². The number of hydrogen-bond donors (Lipinski definition) is 0. The quantitative estimate of drug-likeness (QED) is 0.408. The van der Waals surface area contributed by atoms with Crippen molar-refractivity contribution in [3.8, 4) is 0 Å². The van der Waals surface area contributed by atoms with E-state index in [1.165, 1.54) is 28.7 Å². The van der Waals surface area contributed by atoms with E-state index in [9.17, 15) is 4.79 Å². The molecule has 0 saturated heterocycles. The summed E-state index contributed by atoms with van der Waals surface area (Å²) in [7, 11) is 0. The molecule has 0 radical (unpaired) electrons. The Morgan fingerprint density at radius 1 is 0.920 bits per heavy atom. The average molecular weight is 387 g/mol. The van der Waals surface area contributed by atoms with Gasteiger partial charge in [-0.2, -0.15) is 0 Å². The second-order valence-electron chi connectivity index (χ2n) is 5.68. The van der Waals surface area contributed by atoms with Crippen molar-refractivity contribution in [3.63, 3.8) is 0 Å². The highest BCUT2D eigenvalue weighted by Crippen LogP contribution is 2.40. The van der Waals surface area contributed by atoms with Gasteiger partial charge < -0.3 is 0 Å². The van der Waals surface area contributed by atoms with Crippen molar-refractivity contribution in [2.45, 2.75) is 27.8 Å². The maximum absolute atomic E-state index is 13.2. The van der Waals surface area contributed by atoms with Gasteiger partial charge in [0, 0.05) is 5.56 Å². The van der Waals surface area contributed by atoms with Crippen LogP contribution in [0.3, 0.4) is 0 Å². The van der Waals surface area contributed by atoms with Gasteiger partial charge in [0.05, 0.1) is 5.25 Å². The van der Waals surface area contributed by atoms with Gasteiger partial charge in [0.25, 0.3) is 0 Å². The van der Waals surface area contributed by atoms with Crippen LogP contribution in [0.2, 0.25) is 0 Å². The third-order valence-electron chi connectivity index (χ3n) is 3.74. The van der Waals surface area contributed by atoms with Crippen LogP contribution in [0.4, 0.5) is 0 Å². The van der Waals surface area contributed by atoms with E-state index < -0.39 is 0 Å². The highest BCUT2D eigenvalue weighted by molar-refractivity contribution is 8.03. The third-order valence-corrected chi connectivity index (χ3v) is 6.97. The van der Waals surface area contributed by atoms with E-state index in [1.54, 1.807) is 11.8 Å². The Bertz CT molecular complexity index is 857. The number of carbonyl (C=O) groups is 1. The Morgan fingerprint density at radius 3 is 2.04 bits per heavy atom. The van der Waals surface area contributed by atoms with E-state index >= 15 is 0 Å². The van der Waals surface area contributed by atoms with Crippen molar-refractivity contribution >= 4 is 40.6 Å². The first-order valence-electron chi connectivity index (χ1n) is 7.78. The molecular formula is C19H18N2OS3. The standard InChI is InChI=1S/C19H18N2OS3/c1-12-4-8-14(9-5-12)16(22)17(15-10-6-13(2)7-11-15)24-19-21-20-18(23-3)25-19/h4-11,17H,1-3H3/t17-/m1/s1. The number of aryl methyl sites for hydroxylation is 2. The number of benzene rings is 2. The van der Waals surface area contributed by atoms with Crippen LogP contribution in [0.25, 0.3) is 0 Å². The lowest BCUT2D eigenvalue weighted by atomic mass is 10.0. The minimum atomic E-state index is -0.328. The number of thioether (sulfide) groups is 2. The highest BCUT2D eigenvalue weighted by atomic mass is 32.2. The fourth-order valence-electron chi connectivity index (χ4n) is 2.31. The van der Waals surface area contributed by atoms with Gasteiger partial charge in [-0.3, -0.25) is 4.79 Å². The summed E-state index contributed by atoms with van der Waals surface area (Å²) in [6.07, 6.45) is 1.98. The molecule has 2 aromatic carbocycles. The summed E-state index contributed by atoms with van der Waals surface area (Å²) >= 11 is 4.57. The van der Waals surface area contributed by atoms with Crippen LogP contribution in [0.5, 0.6) is 0 Å². The largest absolute Gasteiger partial charge is 0.293 e. The zero-order valence-corrected chi connectivity index (χ0v) is 16.7. The van der Waals surface area contributed by atoms with Gasteiger partial charge in [0.2, 0.25) is 0 Å². The second kappa shape index (κ2) is 8.17. The molecule has 0 aliphatic rings. The van der Waals surface area contributed by atoms with E-state index in [4.69, 9.17) is 0 Å². The molecule has 0 saturated carbocycles. The van der Waals surface area contributed by atoms with Crippen LogP contribution < -0.4 is 0 Å². The Hall–Kier alpha value is -1.63. The topological polar surface area (TPSA) is 42.9 Å². The van der Waals surface area contributed by atoms with Gasteiger partial charge in [-0.15, -0.1) is 10.2 Å². The molecule has 3 nitrogen and oxygen atoms in total. The van der Waals surface area contributed by atoms with Gasteiger partial charge in [0.15, 0.2) is 14.5 Å². The SMILES string of the molecule is CSc1nnc(S[C@@H](C(=O)c2ccc(C)cc2)c2ccc(C)cc2)s1. The Kier molecular flexibility index (Phi) is 5.93. The first-order valence-corrected chi connectivity index (χ1v) is 10.7. The van der Waals surface area contributed by atoms with Gasteiger partial charge in [0.1, 0.15) is 0 Å². The molecule has 0 N–H and O–H groups in total. The first kappa shape index (κ1) is 18.2. The van der Waals surface area contributed by atoms with E-state index in [0.717, 1.165) is 25.4 Å². The molecule has 25 heavy (non-hydrogen) atoms. The fourth-order valence-corrected chi connectivity index (χ4v) is 5.02. The normalized spacial score (nSPS) is 12.1. The third kappa shape index (κ3) is 4.51. The summed E-state index contributed by atoms with van der Waals surface area (Å²) < 4.78 is 1.73. The fraction of sp³-hybridized carbons (Fsp3) is 0.211. The molecule has 0 spiro atoms. The summed E-state index contributed by atoms with van der Waals surface area (Å²) in [5, 5.41) is 8.03. The van der Waals surface area contributed by atoms with E-state index in [2.05, 4.69) is 10.2 Å². The number of Topliss-reactive ketones (excluding diaryl/α,β-unsaturated/α-hetero) is 1. The van der Waals surface area contributed by atoms with E-state index in [1.807, 2.05) is 68.6 Å². The van der Waals surface area contributed by atoms with E-state index in [-0.39, 0.29) is 11.0 Å². The van der Waals surface area contributed by atoms with Crippen molar-refractivity contribution < 1.29 is 4.79 Å². The van der Waals surface area contributed by atoms with Crippen LogP contribution in [-0.4, -0.2) is 22.2 Å². The average Bonchev–Trinajstić information content (AvgIpc) is 3.08. The summed E-state index contributed by atoms with van der Waals surface area (Å²) in [5.74, 6) is 0.0924. The highest BCUT2D eigenvalue weighted by Gasteiger charge is 2.25. The minimum absolute atomic E-state index is 0.0924. The molecule has 1 heterocycles. The number of rotatable bonds is 6. The first-order chi connectivity index (χ1) is 12.1. The molecule has 1 aromatic heterocycles. The van der Waals surface area contributed by atoms with Crippen LogP contribution >= 0.6 is 34.9 Å². The van der Waals surface area contributed by atoms with Crippen molar-refractivity contribution in [2.75, 3.05) is 6.26 Å². The lowest BCUT2D eigenvalue weighted by Gasteiger charge is -2.15. The maximum atomic E-state index is 13.2. The number of hydrogen-bond acceptors (Lipinski definition) is 6. The zero-order chi connectivity index (χ0) is 17.8. The summed E-state index contributed by atoms with van der Waals surface area (Å²) in [4.78, 5) is 13.2. The minimum Gasteiger partial charge on any atom is -0.293 e. The van der Waals surface area contributed by atoms with Crippen LogP contribution in [0.1, 0.15) is 32.3 Å². The molecule has 0 bridgehead atoms. The molecule has 0 amide bonds. The number of ketones is 1. The molecule has 6 heteroatoms. The summed E-state index contributed by atoms with van der Waals surface area (Å²) in [6, 6.07) is 15.9. The molecule has 0 unspecified atom stereocenters. The molecule has 3 rings (SSSR count). The van der Waals surface area contributed by atoms with Crippen molar-refractivity contribution in [3.05, 3.63) is 70.8 Å². The predicted molar refractivity (Wildman–Crippen MR) is 107 cm³/mol. The van der Waals surface area contributed by atoms with Crippen LogP contribution in [0.15, 0.2) is 57.2 Å². The molecular weight excluding hydrogens is 368 g/mol. The van der Waals surface area contributed by atoms with Crippen LogP contribution in [0, 0.1) is 13.8 Å². The van der Waals surface area contributed by atoms with Gasteiger partial charge in [-0.05, 0) is 25.7 Å². The zero-order valence-electron chi connectivity index (χ0n) is 14.2. The monoisotopic (exact) mass is 386 g/mol. The predicted octanol–water partition coefficient (Wildman–Crippen LogP) is 5.59. The molecule has 1 atom stereocenters. The summed E-state index contributed by atoms with van der Waals surface area (Å²) in [5.41, 5.74) is 4.03. The lowest BCUT2D eigenvalue weighted by Crippen LogP contribution is -2.10. The number of nitrogens with zero attached hydrogens (tertiary/aromatic N) is 2. The number of aromatic nitrogens is 2. The summed E-state index contributed by atoms with van der Waals surface area (Å²) in [6.45, 7) is 4.06. The van der Waals surface area contributed by atoms with E-state index in [0.29, 0.717) is 0 Å². The lowest BCUT2D eigenvalue weighted by molar-refractivity contribution is 0.0989. The smallest absolute Gasteiger partial charge is 0.180 e. The second-order valence-corrected chi connectivity index (χ2v) is 9.06. The Morgan fingerprint density at radius 2 is 1.48 bits per heavy atom. The van der Waals surface area contributed by atoms with Crippen molar-refractivity contribution in [2.24, 2.45) is 0 Å². The van der Waals surface area contributed by atoms with Gasteiger partial charge >= 0.3 is 0 Å². The molecule has 0 fully saturated rings. The Balaban J connectivity index is 1.94. The molecule has 0 aliphatic carbocycles. The molecule has 3 aromatic rings. The number of carbonyl (C=O) groups excluding carboxylic acids is 1. The molecule has 128 valence electrons. The van der Waals surface area contributed by atoms with Gasteiger partial charge in [-0.25, -0.2) is 0 Å². The van der Waals surface area contributed by atoms with Gasteiger partial charge in [-0.1, -0.05) is 94.5 Å². The van der Waals surface area contributed by atoms with Crippen LogP contribution in [-0.2, 0) is 0 Å². The van der Waals surface area contributed by atoms with Crippen molar-refractivity contribution in [1.29, 1.82) is 0 Å².